The molecule has 110 valence electrons. The summed E-state index contributed by atoms with van der Waals surface area (Å²) in [6.07, 6.45) is 1.40. The Hall–Kier alpha value is -0.910. The Labute approximate surface area is 119 Å². The number of hydrogen-bond donors (Lipinski definition) is 2. The van der Waals surface area contributed by atoms with Crippen LogP contribution in [0.3, 0.4) is 0 Å². The summed E-state index contributed by atoms with van der Waals surface area (Å²) in [5.74, 6) is -0.380. The monoisotopic (exact) mass is 288 g/mol. The maximum atomic E-state index is 12.1. The van der Waals surface area contributed by atoms with Gasteiger partial charge in [-0.3, -0.25) is 4.79 Å². The van der Waals surface area contributed by atoms with Crippen molar-refractivity contribution in [3.8, 4) is 0 Å². The molecule has 19 heavy (non-hydrogen) atoms. The van der Waals surface area contributed by atoms with E-state index in [1.807, 2.05) is 30.5 Å². The molecule has 0 bridgehead atoms. The van der Waals surface area contributed by atoms with Gasteiger partial charge in [0.1, 0.15) is 0 Å². The van der Waals surface area contributed by atoms with E-state index in [-0.39, 0.29) is 18.6 Å². The van der Waals surface area contributed by atoms with Gasteiger partial charge in [-0.2, -0.15) is 11.8 Å². The summed E-state index contributed by atoms with van der Waals surface area (Å²) >= 11 is 1.87. The van der Waals surface area contributed by atoms with Gasteiger partial charge in [0.05, 0.1) is 5.92 Å². The predicted octanol–water partition coefficient (Wildman–Crippen LogP) is 2.02. The molecule has 2 N–H and O–H groups in total. The Kier molecular flexibility index (Phi) is 6.48. The molecule has 1 aliphatic heterocycles. The summed E-state index contributed by atoms with van der Waals surface area (Å²) in [6, 6.07) is 0.0511. The molecular formula is C13H24N2O3S. The summed E-state index contributed by atoms with van der Waals surface area (Å²) in [4.78, 5) is 24.9. The molecular weight excluding hydrogens is 264 g/mol. The van der Waals surface area contributed by atoms with E-state index in [0.29, 0.717) is 11.7 Å². The van der Waals surface area contributed by atoms with E-state index in [1.54, 1.807) is 0 Å². The third-order valence-corrected chi connectivity index (χ3v) is 4.97. The number of urea groups is 1. The summed E-state index contributed by atoms with van der Waals surface area (Å²) < 4.78 is 0. The van der Waals surface area contributed by atoms with Gasteiger partial charge < -0.3 is 15.3 Å². The quantitative estimate of drug-likeness (QED) is 0.812. The lowest BCUT2D eigenvalue weighted by Gasteiger charge is -2.37. The Balaban J connectivity index is 2.47. The molecule has 0 aromatic carbocycles. The van der Waals surface area contributed by atoms with Crippen molar-refractivity contribution in [2.75, 3.05) is 18.8 Å². The van der Waals surface area contributed by atoms with Crippen molar-refractivity contribution in [1.29, 1.82) is 0 Å². The molecule has 1 rings (SSSR count). The standard InChI is InChI=1S/C13H24N2O3S/c1-4-5-11(12(16)17)8-14-13(18)15-6-7-19-10(3)9(15)2/h9-11H,4-8H2,1-3H3,(H,14,18)(H,16,17). The number of amides is 2. The number of nitrogens with zero attached hydrogens (tertiary/aromatic N) is 1. The number of rotatable bonds is 5. The smallest absolute Gasteiger partial charge is 0.317 e. The molecule has 3 atom stereocenters. The van der Waals surface area contributed by atoms with Gasteiger partial charge in [0, 0.05) is 30.1 Å². The van der Waals surface area contributed by atoms with E-state index < -0.39 is 11.9 Å². The zero-order chi connectivity index (χ0) is 14.4. The molecule has 6 heteroatoms. The van der Waals surface area contributed by atoms with Crippen molar-refractivity contribution < 1.29 is 14.7 Å². The van der Waals surface area contributed by atoms with Gasteiger partial charge in [0.2, 0.25) is 0 Å². The highest BCUT2D eigenvalue weighted by molar-refractivity contribution is 8.00. The molecule has 0 spiro atoms. The Morgan fingerprint density at radius 1 is 1.47 bits per heavy atom. The highest BCUT2D eigenvalue weighted by Gasteiger charge is 2.29. The molecule has 3 unspecified atom stereocenters. The van der Waals surface area contributed by atoms with Gasteiger partial charge in [-0.15, -0.1) is 0 Å². The predicted molar refractivity (Wildman–Crippen MR) is 77.5 cm³/mol. The molecule has 1 saturated heterocycles. The minimum Gasteiger partial charge on any atom is -0.481 e. The molecule has 0 aromatic heterocycles. The maximum absolute atomic E-state index is 12.1. The van der Waals surface area contributed by atoms with Gasteiger partial charge in [-0.05, 0) is 13.3 Å². The lowest BCUT2D eigenvalue weighted by molar-refractivity contribution is -0.141. The fourth-order valence-corrected chi connectivity index (χ4v) is 3.29. The van der Waals surface area contributed by atoms with Crippen molar-refractivity contribution in [2.45, 2.75) is 44.9 Å². The number of carbonyl (C=O) groups is 2. The van der Waals surface area contributed by atoms with E-state index in [2.05, 4.69) is 12.2 Å². The first kappa shape index (κ1) is 16.1. The maximum Gasteiger partial charge on any atom is 0.317 e. The van der Waals surface area contributed by atoms with E-state index in [9.17, 15) is 9.59 Å². The molecule has 0 aromatic rings. The van der Waals surface area contributed by atoms with Crippen LogP contribution in [0.15, 0.2) is 0 Å². The fourth-order valence-electron chi connectivity index (χ4n) is 2.19. The first-order chi connectivity index (χ1) is 8.97. The first-order valence-electron chi connectivity index (χ1n) is 6.86. The largest absolute Gasteiger partial charge is 0.481 e. The number of carboxylic acids is 1. The third kappa shape index (κ3) is 4.60. The second-order valence-electron chi connectivity index (χ2n) is 5.02. The minimum atomic E-state index is -0.835. The van der Waals surface area contributed by atoms with Crippen molar-refractivity contribution in [3.63, 3.8) is 0 Å². The van der Waals surface area contributed by atoms with Crippen LogP contribution in [0.4, 0.5) is 4.79 Å². The van der Waals surface area contributed by atoms with Gasteiger partial charge in [0.15, 0.2) is 0 Å². The Bertz CT molecular complexity index is 325. The number of aliphatic carboxylic acids is 1. The summed E-state index contributed by atoms with van der Waals surface area (Å²) in [5.41, 5.74) is 0. The molecule has 1 fully saturated rings. The van der Waals surface area contributed by atoms with Crippen molar-refractivity contribution in [2.24, 2.45) is 5.92 Å². The number of thioether (sulfide) groups is 1. The Morgan fingerprint density at radius 2 is 2.16 bits per heavy atom. The fraction of sp³-hybridized carbons (Fsp3) is 0.846. The average molecular weight is 288 g/mol. The van der Waals surface area contributed by atoms with Crippen LogP contribution in [0.2, 0.25) is 0 Å². The highest BCUT2D eigenvalue weighted by Crippen LogP contribution is 2.24. The van der Waals surface area contributed by atoms with E-state index in [4.69, 9.17) is 5.11 Å². The van der Waals surface area contributed by atoms with Crippen LogP contribution in [-0.2, 0) is 4.79 Å². The van der Waals surface area contributed by atoms with Crippen molar-refractivity contribution in [3.05, 3.63) is 0 Å². The van der Waals surface area contributed by atoms with Crippen LogP contribution in [0.25, 0.3) is 0 Å². The van der Waals surface area contributed by atoms with Crippen molar-refractivity contribution in [1.82, 2.24) is 10.2 Å². The van der Waals surface area contributed by atoms with Gasteiger partial charge in [-0.25, -0.2) is 4.79 Å². The van der Waals surface area contributed by atoms with Gasteiger partial charge in [0.25, 0.3) is 0 Å². The first-order valence-corrected chi connectivity index (χ1v) is 7.91. The topological polar surface area (TPSA) is 69.6 Å². The molecule has 0 radical (unpaired) electrons. The highest BCUT2D eigenvalue weighted by atomic mass is 32.2. The van der Waals surface area contributed by atoms with Gasteiger partial charge >= 0.3 is 12.0 Å². The lowest BCUT2D eigenvalue weighted by Crippen LogP contribution is -2.52. The summed E-state index contributed by atoms with van der Waals surface area (Å²) in [6.45, 7) is 7.05. The van der Waals surface area contributed by atoms with E-state index in [1.165, 1.54) is 0 Å². The molecule has 5 nitrogen and oxygen atoms in total. The molecule has 1 aliphatic rings. The van der Waals surface area contributed by atoms with Crippen LogP contribution in [0, 0.1) is 5.92 Å². The number of nitrogens with one attached hydrogen (secondary N) is 1. The van der Waals surface area contributed by atoms with E-state index >= 15 is 0 Å². The zero-order valence-electron chi connectivity index (χ0n) is 11.9. The van der Waals surface area contributed by atoms with Crippen LogP contribution in [0.1, 0.15) is 33.6 Å². The number of carboxylic acid groups (broad SMARTS) is 1. The zero-order valence-corrected chi connectivity index (χ0v) is 12.7. The van der Waals surface area contributed by atoms with Gasteiger partial charge in [-0.1, -0.05) is 20.3 Å². The number of hydrogen-bond acceptors (Lipinski definition) is 3. The van der Waals surface area contributed by atoms with Crippen LogP contribution < -0.4 is 5.32 Å². The van der Waals surface area contributed by atoms with Crippen LogP contribution in [-0.4, -0.2) is 52.1 Å². The van der Waals surface area contributed by atoms with Crippen LogP contribution in [0.5, 0.6) is 0 Å². The molecule has 1 heterocycles. The molecule has 0 saturated carbocycles. The molecule has 0 aliphatic carbocycles. The lowest BCUT2D eigenvalue weighted by atomic mass is 10.0. The normalized spacial score (nSPS) is 24.9. The second-order valence-corrected chi connectivity index (χ2v) is 6.50. The third-order valence-electron chi connectivity index (χ3n) is 3.63. The van der Waals surface area contributed by atoms with Crippen molar-refractivity contribution >= 4 is 23.8 Å². The average Bonchev–Trinajstić information content (AvgIpc) is 2.37. The minimum absolute atomic E-state index is 0.137. The SMILES string of the molecule is CCCC(CNC(=O)N1CCSC(C)C1C)C(=O)O. The Morgan fingerprint density at radius 3 is 2.74 bits per heavy atom. The van der Waals surface area contributed by atoms with Crippen LogP contribution >= 0.6 is 11.8 Å². The number of carbonyl (C=O) groups excluding carboxylic acids is 1. The van der Waals surface area contributed by atoms with E-state index in [0.717, 1.165) is 18.7 Å². The molecule has 2 amide bonds. The summed E-state index contributed by atoms with van der Waals surface area (Å²) in [7, 11) is 0. The second kappa shape index (κ2) is 7.62. The summed E-state index contributed by atoms with van der Waals surface area (Å²) in [5, 5.41) is 12.2.